The lowest BCUT2D eigenvalue weighted by Gasteiger charge is -2.23. The molecule has 1 unspecified atom stereocenters. The summed E-state index contributed by atoms with van der Waals surface area (Å²) < 4.78 is 34.3. The van der Waals surface area contributed by atoms with E-state index < -0.39 is 12.3 Å². The van der Waals surface area contributed by atoms with Crippen LogP contribution in [0.3, 0.4) is 0 Å². The summed E-state index contributed by atoms with van der Waals surface area (Å²) >= 11 is 0. The number of hydrogen-bond donors (Lipinski definition) is 3. The molecule has 21 heavy (non-hydrogen) atoms. The van der Waals surface area contributed by atoms with E-state index in [9.17, 15) is 18.4 Å². The van der Waals surface area contributed by atoms with Crippen LogP contribution in [0, 0.1) is 0 Å². The van der Waals surface area contributed by atoms with Crippen molar-refractivity contribution >= 4 is 17.5 Å². The molecular weight excluding hydrogens is 288 g/mol. The first kappa shape index (κ1) is 13.6. The Morgan fingerprint density at radius 3 is 2.81 bits per heavy atom. The van der Waals surface area contributed by atoms with Gasteiger partial charge in [0.2, 0.25) is 11.8 Å². The van der Waals surface area contributed by atoms with Gasteiger partial charge in [-0.15, -0.1) is 8.78 Å². The molecule has 2 amide bonds. The topological polar surface area (TPSA) is 88.7 Å². The van der Waals surface area contributed by atoms with Gasteiger partial charge >= 0.3 is 6.29 Å². The number of amides is 2. The molecule has 3 N–H and O–H groups in total. The van der Waals surface area contributed by atoms with Crippen molar-refractivity contribution in [2.75, 3.05) is 18.4 Å². The summed E-state index contributed by atoms with van der Waals surface area (Å²) in [6.07, 6.45) is -3.69. The number of rotatable bonds is 2. The van der Waals surface area contributed by atoms with E-state index >= 15 is 0 Å². The molecule has 3 rings (SSSR count). The fourth-order valence-electron chi connectivity index (χ4n) is 2.01. The molecule has 0 saturated carbocycles. The van der Waals surface area contributed by atoms with Gasteiger partial charge in [0, 0.05) is 18.3 Å². The maximum atomic E-state index is 12.9. The van der Waals surface area contributed by atoms with E-state index in [0.717, 1.165) is 0 Å². The van der Waals surface area contributed by atoms with Crippen LogP contribution in [0.25, 0.3) is 0 Å². The van der Waals surface area contributed by atoms with Gasteiger partial charge in [-0.1, -0.05) is 0 Å². The first-order valence-electron chi connectivity index (χ1n) is 6.14. The summed E-state index contributed by atoms with van der Waals surface area (Å²) in [5, 5.41) is 7.85. The van der Waals surface area contributed by atoms with Crippen molar-refractivity contribution in [3.63, 3.8) is 0 Å². The molecule has 9 heteroatoms. The average Bonchev–Trinajstić information content (AvgIpc) is 2.72. The maximum Gasteiger partial charge on any atom is 0.586 e. The lowest BCUT2D eigenvalue weighted by molar-refractivity contribution is -0.286. The van der Waals surface area contributed by atoms with Gasteiger partial charge < -0.3 is 20.1 Å². The molecule has 1 atom stereocenters. The molecule has 0 aromatic heterocycles. The molecule has 1 fully saturated rings. The monoisotopic (exact) mass is 299 g/mol. The lowest BCUT2D eigenvalue weighted by Crippen LogP contribution is -2.56. The minimum absolute atomic E-state index is 0.0471. The second-order valence-electron chi connectivity index (χ2n) is 4.56. The number of benzene rings is 1. The van der Waals surface area contributed by atoms with Crippen molar-refractivity contribution in [1.29, 1.82) is 0 Å². The van der Waals surface area contributed by atoms with Crippen LogP contribution in [-0.4, -0.2) is 37.2 Å². The molecule has 112 valence electrons. The number of anilines is 1. The Labute approximate surface area is 117 Å². The lowest BCUT2D eigenvalue weighted by atomic mass is 10.2. The van der Waals surface area contributed by atoms with Crippen LogP contribution >= 0.6 is 0 Å². The predicted octanol–water partition coefficient (Wildman–Crippen LogP) is 0.0346. The average molecular weight is 299 g/mol. The zero-order chi connectivity index (χ0) is 15.0. The summed E-state index contributed by atoms with van der Waals surface area (Å²) in [4.78, 5) is 22.9. The molecule has 0 radical (unpaired) electrons. The Morgan fingerprint density at radius 2 is 2.10 bits per heavy atom. The van der Waals surface area contributed by atoms with Gasteiger partial charge in [-0.3, -0.25) is 14.9 Å². The van der Waals surface area contributed by atoms with E-state index in [1.54, 1.807) is 0 Å². The van der Waals surface area contributed by atoms with Crippen LogP contribution in [0.5, 0.6) is 11.5 Å². The smallest absolute Gasteiger partial charge is 0.395 e. The van der Waals surface area contributed by atoms with Crippen molar-refractivity contribution in [1.82, 2.24) is 10.6 Å². The summed E-state index contributed by atoms with van der Waals surface area (Å²) in [5.74, 6) is -0.825. The number of hydrogen-bond acceptors (Lipinski definition) is 5. The molecule has 2 aliphatic rings. The number of halogens is 2. The summed E-state index contributed by atoms with van der Waals surface area (Å²) in [6.45, 7) is 0.207. The van der Waals surface area contributed by atoms with Gasteiger partial charge in [0.25, 0.3) is 0 Å². The minimum atomic E-state index is -3.69. The molecule has 2 heterocycles. The van der Waals surface area contributed by atoms with Crippen LogP contribution in [0.4, 0.5) is 14.5 Å². The number of ether oxygens (including phenoxy) is 2. The van der Waals surface area contributed by atoms with Gasteiger partial charge in [0.1, 0.15) is 6.04 Å². The molecule has 1 aromatic rings. The number of alkyl halides is 2. The number of carbonyl (C=O) groups excluding carboxylic acids is 2. The highest BCUT2D eigenvalue weighted by molar-refractivity contribution is 5.96. The molecule has 1 aromatic carbocycles. The van der Waals surface area contributed by atoms with Crippen molar-refractivity contribution < 1.29 is 27.8 Å². The first-order valence-corrected chi connectivity index (χ1v) is 6.14. The zero-order valence-electron chi connectivity index (χ0n) is 10.6. The van der Waals surface area contributed by atoms with Gasteiger partial charge in [-0.05, 0) is 12.1 Å². The highest BCUT2D eigenvalue weighted by atomic mass is 19.3. The van der Waals surface area contributed by atoms with E-state index in [1.165, 1.54) is 18.2 Å². The third-order valence-corrected chi connectivity index (χ3v) is 3.00. The second kappa shape index (κ2) is 4.85. The zero-order valence-corrected chi connectivity index (χ0v) is 10.6. The van der Waals surface area contributed by atoms with Gasteiger partial charge in [0.05, 0.1) is 6.54 Å². The largest absolute Gasteiger partial charge is 0.586 e. The Bertz CT molecular complexity index is 598. The fraction of sp³-hybridized carbons (Fsp3) is 0.333. The second-order valence-corrected chi connectivity index (χ2v) is 4.56. The third kappa shape index (κ3) is 2.87. The van der Waals surface area contributed by atoms with E-state index in [4.69, 9.17) is 0 Å². The maximum absolute atomic E-state index is 12.9. The van der Waals surface area contributed by atoms with Gasteiger partial charge in [-0.25, -0.2) is 0 Å². The number of carbonyl (C=O) groups is 2. The number of fused-ring (bicyclic) bond motifs is 1. The van der Waals surface area contributed by atoms with E-state index in [-0.39, 0.29) is 36.4 Å². The highest BCUT2D eigenvalue weighted by Gasteiger charge is 2.43. The summed E-state index contributed by atoms with van der Waals surface area (Å²) in [7, 11) is 0. The van der Waals surface area contributed by atoms with E-state index in [1.807, 2.05) is 0 Å². The van der Waals surface area contributed by atoms with Crippen molar-refractivity contribution in [2.45, 2.75) is 12.3 Å². The molecule has 2 aliphatic heterocycles. The fourth-order valence-corrected chi connectivity index (χ4v) is 2.01. The standard InChI is InChI=1S/C12H11F2N3O4/c13-12(14)20-8-2-1-6(3-9(8)21-12)17-11(19)7-4-16-10(18)5-15-7/h1-3,7,15H,4-5H2,(H,16,18)(H,17,19). The third-order valence-electron chi connectivity index (χ3n) is 3.00. The molecule has 0 bridgehead atoms. The van der Waals surface area contributed by atoms with Crippen molar-refractivity contribution in [3.05, 3.63) is 18.2 Å². The van der Waals surface area contributed by atoms with Crippen molar-refractivity contribution in [2.24, 2.45) is 0 Å². The SMILES string of the molecule is O=C1CNC(C(=O)Nc2ccc3c(c2)OC(F)(F)O3)CN1. The minimum Gasteiger partial charge on any atom is -0.395 e. The van der Waals surface area contributed by atoms with Gasteiger partial charge in [0.15, 0.2) is 11.5 Å². The Kier molecular flexibility index (Phi) is 3.13. The molecule has 0 spiro atoms. The van der Waals surface area contributed by atoms with Crippen LogP contribution in [0.1, 0.15) is 0 Å². The Hall–Kier alpha value is -2.42. The summed E-state index contributed by atoms with van der Waals surface area (Å²) in [5.41, 5.74) is 0.291. The predicted molar refractivity (Wildman–Crippen MR) is 66.1 cm³/mol. The molecule has 7 nitrogen and oxygen atoms in total. The first-order chi connectivity index (χ1) is 9.93. The quantitative estimate of drug-likeness (QED) is 0.717. The normalized spacial score (nSPS) is 22.6. The molecule has 0 aliphatic carbocycles. The van der Waals surface area contributed by atoms with Crippen molar-refractivity contribution in [3.8, 4) is 11.5 Å². The number of nitrogens with one attached hydrogen (secondary N) is 3. The number of piperazine rings is 1. The van der Waals surface area contributed by atoms with Crippen LogP contribution in [-0.2, 0) is 9.59 Å². The van der Waals surface area contributed by atoms with Gasteiger partial charge in [-0.2, -0.15) is 0 Å². The Morgan fingerprint density at radius 1 is 1.33 bits per heavy atom. The van der Waals surface area contributed by atoms with Crippen LogP contribution in [0.2, 0.25) is 0 Å². The van der Waals surface area contributed by atoms with E-state index in [0.29, 0.717) is 5.69 Å². The van der Waals surface area contributed by atoms with Crippen LogP contribution in [0.15, 0.2) is 18.2 Å². The van der Waals surface area contributed by atoms with E-state index in [2.05, 4.69) is 25.4 Å². The van der Waals surface area contributed by atoms with Crippen LogP contribution < -0.4 is 25.4 Å². The molecular formula is C12H11F2N3O4. The highest BCUT2D eigenvalue weighted by Crippen LogP contribution is 2.42. The Balaban J connectivity index is 1.66. The summed E-state index contributed by atoms with van der Waals surface area (Å²) in [6, 6.07) is 3.36. The molecule has 1 saturated heterocycles.